The molecule has 0 amide bonds. The highest BCUT2D eigenvalue weighted by molar-refractivity contribution is 5.66. The molecule has 0 aromatic carbocycles. The molecule has 0 aliphatic heterocycles. The van der Waals surface area contributed by atoms with Crippen molar-refractivity contribution in [1.29, 1.82) is 0 Å². The lowest BCUT2D eigenvalue weighted by Gasteiger charge is -2.05. The van der Waals surface area contributed by atoms with Gasteiger partial charge in [-0.3, -0.25) is 4.68 Å². The van der Waals surface area contributed by atoms with Crippen LogP contribution in [0.2, 0.25) is 0 Å². The second-order valence-corrected chi connectivity index (χ2v) is 4.11. The Labute approximate surface area is 106 Å². The van der Waals surface area contributed by atoms with Gasteiger partial charge in [0.15, 0.2) is 0 Å². The molecule has 0 unspecified atom stereocenters. The third-order valence-corrected chi connectivity index (χ3v) is 2.85. The molecule has 2 N–H and O–H groups in total. The van der Waals surface area contributed by atoms with Crippen molar-refractivity contribution in [2.75, 3.05) is 18.5 Å². The van der Waals surface area contributed by atoms with Gasteiger partial charge in [0.05, 0.1) is 18.0 Å². The summed E-state index contributed by atoms with van der Waals surface area (Å²) in [5.74, 6) is 0.705. The first kappa shape index (κ1) is 12.5. The van der Waals surface area contributed by atoms with Crippen molar-refractivity contribution in [1.82, 2.24) is 19.7 Å². The van der Waals surface area contributed by atoms with Crippen LogP contribution in [0.1, 0.15) is 11.4 Å². The first-order chi connectivity index (χ1) is 8.63. The van der Waals surface area contributed by atoms with Crippen LogP contribution in [0.4, 0.5) is 5.82 Å². The molecule has 6 nitrogen and oxygen atoms in total. The quantitative estimate of drug-likeness (QED) is 0.839. The Morgan fingerprint density at radius 1 is 1.33 bits per heavy atom. The topological polar surface area (TPSA) is 75.9 Å². The molecule has 0 saturated carbocycles. The van der Waals surface area contributed by atoms with Crippen LogP contribution in [0.25, 0.3) is 11.3 Å². The van der Waals surface area contributed by atoms with Gasteiger partial charge in [-0.15, -0.1) is 0 Å². The number of nitrogens with zero attached hydrogens (tertiary/aromatic N) is 4. The van der Waals surface area contributed by atoms with Crippen molar-refractivity contribution in [3.63, 3.8) is 0 Å². The standard InChI is InChI=1S/C12H17N5O/c1-8-12(9(2)17(3)16-8)10-6-11(13-4-5-18)15-7-14-10/h6-7,18H,4-5H2,1-3H3,(H,13,14,15). The molecule has 6 heteroatoms. The monoisotopic (exact) mass is 247 g/mol. The number of aromatic nitrogens is 4. The minimum Gasteiger partial charge on any atom is -0.395 e. The minimum absolute atomic E-state index is 0.0737. The van der Waals surface area contributed by atoms with E-state index in [-0.39, 0.29) is 6.61 Å². The van der Waals surface area contributed by atoms with Crippen molar-refractivity contribution in [3.8, 4) is 11.3 Å². The number of rotatable bonds is 4. The van der Waals surface area contributed by atoms with Crippen molar-refractivity contribution in [2.24, 2.45) is 7.05 Å². The first-order valence-electron chi connectivity index (χ1n) is 5.81. The van der Waals surface area contributed by atoms with Gasteiger partial charge in [-0.25, -0.2) is 9.97 Å². The summed E-state index contributed by atoms with van der Waals surface area (Å²) >= 11 is 0. The number of aliphatic hydroxyl groups is 1. The van der Waals surface area contributed by atoms with Gasteiger partial charge in [0.25, 0.3) is 0 Å². The van der Waals surface area contributed by atoms with Gasteiger partial charge in [0.1, 0.15) is 12.1 Å². The molecule has 96 valence electrons. The number of hydrogen-bond acceptors (Lipinski definition) is 5. The molecule has 18 heavy (non-hydrogen) atoms. The molecule has 0 fully saturated rings. The summed E-state index contributed by atoms with van der Waals surface area (Å²) < 4.78 is 1.84. The average molecular weight is 247 g/mol. The Morgan fingerprint density at radius 2 is 2.11 bits per heavy atom. The van der Waals surface area contributed by atoms with Gasteiger partial charge < -0.3 is 10.4 Å². The number of nitrogens with one attached hydrogen (secondary N) is 1. The molecule has 0 aliphatic rings. The second-order valence-electron chi connectivity index (χ2n) is 4.11. The maximum absolute atomic E-state index is 8.79. The van der Waals surface area contributed by atoms with E-state index in [9.17, 15) is 0 Å². The predicted molar refractivity (Wildman–Crippen MR) is 69.3 cm³/mol. The molecule has 0 spiro atoms. The summed E-state index contributed by atoms with van der Waals surface area (Å²) in [7, 11) is 1.91. The smallest absolute Gasteiger partial charge is 0.130 e. The maximum Gasteiger partial charge on any atom is 0.130 e. The lowest BCUT2D eigenvalue weighted by molar-refractivity contribution is 0.311. The summed E-state index contributed by atoms with van der Waals surface area (Å²) in [6.07, 6.45) is 1.51. The Morgan fingerprint density at radius 3 is 2.72 bits per heavy atom. The van der Waals surface area contributed by atoms with E-state index in [1.807, 2.05) is 31.6 Å². The van der Waals surface area contributed by atoms with E-state index in [0.29, 0.717) is 12.4 Å². The molecule has 0 aliphatic carbocycles. The molecular formula is C12H17N5O. The molecule has 0 radical (unpaired) electrons. The summed E-state index contributed by atoms with van der Waals surface area (Å²) in [5.41, 5.74) is 3.89. The highest BCUT2D eigenvalue weighted by atomic mass is 16.3. The molecule has 2 aromatic rings. The van der Waals surface area contributed by atoms with Crippen molar-refractivity contribution in [3.05, 3.63) is 23.8 Å². The number of hydrogen-bond donors (Lipinski definition) is 2. The van der Waals surface area contributed by atoms with E-state index in [4.69, 9.17) is 5.11 Å². The lowest BCUT2D eigenvalue weighted by Crippen LogP contribution is -2.07. The van der Waals surface area contributed by atoms with Crippen LogP contribution in [0.3, 0.4) is 0 Å². The van der Waals surface area contributed by atoms with Crippen LogP contribution in [-0.2, 0) is 7.05 Å². The Bertz CT molecular complexity index is 549. The van der Waals surface area contributed by atoms with E-state index in [1.165, 1.54) is 6.33 Å². The van der Waals surface area contributed by atoms with Gasteiger partial charge in [0.2, 0.25) is 0 Å². The fraction of sp³-hybridized carbons (Fsp3) is 0.417. The Balaban J connectivity index is 2.38. The maximum atomic E-state index is 8.79. The Kier molecular flexibility index (Phi) is 3.57. The van der Waals surface area contributed by atoms with E-state index in [2.05, 4.69) is 20.4 Å². The largest absolute Gasteiger partial charge is 0.395 e. The fourth-order valence-electron chi connectivity index (χ4n) is 1.92. The fourth-order valence-corrected chi connectivity index (χ4v) is 1.92. The van der Waals surface area contributed by atoms with Gasteiger partial charge in [0, 0.05) is 30.9 Å². The predicted octanol–water partition coefficient (Wildman–Crippen LogP) is 0.898. The summed E-state index contributed by atoms with van der Waals surface area (Å²) in [6.45, 7) is 4.52. The number of aliphatic hydroxyl groups excluding tert-OH is 1. The third kappa shape index (κ3) is 2.33. The number of anilines is 1. The lowest BCUT2D eigenvalue weighted by atomic mass is 10.1. The van der Waals surface area contributed by atoms with Gasteiger partial charge in [-0.1, -0.05) is 0 Å². The zero-order chi connectivity index (χ0) is 13.1. The molecule has 0 saturated heterocycles. The second kappa shape index (κ2) is 5.14. The normalized spacial score (nSPS) is 10.7. The van der Waals surface area contributed by atoms with Gasteiger partial charge in [-0.2, -0.15) is 5.10 Å². The van der Waals surface area contributed by atoms with E-state index >= 15 is 0 Å². The van der Waals surface area contributed by atoms with Gasteiger partial charge in [-0.05, 0) is 13.8 Å². The van der Waals surface area contributed by atoms with E-state index < -0.39 is 0 Å². The summed E-state index contributed by atoms with van der Waals surface area (Å²) in [5, 5.41) is 16.2. The zero-order valence-electron chi connectivity index (χ0n) is 10.8. The van der Waals surface area contributed by atoms with Crippen molar-refractivity contribution >= 4 is 5.82 Å². The van der Waals surface area contributed by atoms with E-state index in [1.54, 1.807) is 0 Å². The molecular weight excluding hydrogens is 230 g/mol. The third-order valence-electron chi connectivity index (χ3n) is 2.85. The van der Waals surface area contributed by atoms with Crippen LogP contribution in [0.5, 0.6) is 0 Å². The molecule has 0 atom stereocenters. The van der Waals surface area contributed by atoms with Crippen molar-refractivity contribution < 1.29 is 5.11 Å². The van der Waals surface area contributed by atoms with Crippen LogP contribution >= 0.6 is 0 Å². The summed E-state index contributed by atoms with van der Waals surface area (Å²) in [4.78, 5) is 8.39. The molecule has 2 rings (SSSR count). The summed E-state index contributed by atoms with van der Waals surface area (Å²) in [6, 6.07) is 1.87. The van der Waals surface area contributed by atoms with Crippen molar-refractivity contribution in [2.45, 2.75) is 13.8 Å². The van der Waals surface area contributed by atoms with Crippen LogP contribution in [-0.4, -0.2) is 38.0 Å². The molecule has 2 aromatic heterocycles. The highest BCUT2D eigenvalue weighted by Crippen LogP contribution is 2.25. The van der Waals surface area contributed by atoms with Crippen LogP contribution in [0, 0.1) is 13.8 Å². The zero-order valence-corrected chi connectivity index (χ0v) is 10.8. The molecule has 2 heterocycles. The average Bonchev–Trinajstić information content (AvgIpc) is 2.61. The van der Waals surface area contributed by atoms with Crippen LogP contribution in [0.15, 0.2) is 12.4 Å². The Hall–Kier alpha value is -1.95. The first-order valence-corrected chi connectivity index (χ1v) is 5.81. The van der Waals surface area contributed by atoms with Crippen LogP contribution < -0.4 is 5.32 Å². The number of aryl methyl sites for hydroxylation is 2. The highest BCUT2D eigenvalue weighted by Gasteiger charge is 2.13. The van der Waals surface area contributed by atoms with E-state index in [0.717, 1.165) is 22.6 Å². The minimum atomic E-state index is 0.0737. The van der Waals surface area contributed by atoms with Gasteiger partial charge >= 0.3 is 0 Å². The molecule has 0 bridgehead atoms. The SMILES string of the molecule is Cc1nn(C)c(C)c1-c1cc(NCCO)ncn1.